The lowest BCUT2D eigenvalue weighted by Gasteiger charge is -2.31. The second-order valence-electron chi connectivity index (χ2n) is 4.07. The van der Waals surface area contributed by atoms with Crippen molar-refractivity contribution in [1.82, 2.24) is 10.2 Å². The van der Waals surface area contributed by atoms with Gasteiger partial charge in [0.1, 0.15) is 6.23 Å². The molecule has 0 bridgehead atoms. The highest BCUT2D eigenvalue weighted by atomic mass is 16.3. The van der Waals surface area contributed by atoms with E-state index in [0.29, 0.717) is 0 Å². The van der Waals surface area contributed by atoms with Crippen molar-refractivity contribution in [3.8, 4) is 0 Å². The Kier molecular flexibility index (Phi) is 3.36. The van der Waals surface area contributed by atoms with E-state index in [0.717, 1.165) is 31.7 Å². The van der Waals surface area contributed by atoms with E-state index in [9.17, 15) is 5.11 Å². The highest BCUT2D eigenvalue weighted by Crippen LogP contribution is 2.18. The smallest absolute Gasteiger partial charge is 0.133 e. The predicted octanol–water partition coefficient (Wildman–Crippen LogP) is 0.891. The highest BCUT2D eigenvalue weighted by molar-refractivity contribution is 5.22. The number of hydrogen-bond donors (Lipinski definition) is 2. The van der Waals surface area contributed by atoms with Crippen LogP contribution in [-0.2, 0) is 0 Å². The highest BCUT2D eigenvalue weighted by Gasteiger charge is 2.18. The van der Waals surface area contributed by atoms with Gasteiger partial charge in [-0.3, -0.25) is 4.90 Å². The molecule has 82 valence electrons. The van der Waals surface area contributed by atoms with Gasteiger partial charge in [-0.2, -0.15) is 0 Å². The van der Waals surface area contributed by atoms with E-state index in [1.165, 1.54) is 5.56 Å². The second kappa shape index (κ2) is 4.75. The van der Waals surface area contributed by atoms with E-state index in [-0.39, 0.29) is 0 Å². The van der Waals surface area contributed by atoms with E-state index < -0.39 is 6.23 Å². The Hall–Kier alpha value is -0.900. The van der Waals surface area contributed by atoms with Crippen molar-refractivity contribution < 1.29 is 5.11 Å². The van der Waals surface area contributed by atoms with Crippen molar-refractivity contribution in [2.75, 3.05) is 26.2 Å². The van der Waals surface area contributed by atoms with Crippen LogP contribution in [0.2, 0.25) is 0 Å². The molecule has 1 heterocycles. The van der Waals surface area contributed by atoms with Crippen LogP contribution in [-0.4, -0.2) is 36.2 Å². The molecule has 2 N–H and O–H groups in total. The van der Waals surface area contributed by atoms with Gasteiger partial charge in [-0.15, -0.1) is 0 Å². The van der Waals surface area contributed by atoms with Gasteiger partial charge in [0.25, 0.3) is 0 Å². The van der Waals surface area contributed by atoms with Crippen molar-refractivity contribution >= 4 is 0 Å². The number of piperazine rings is 1. The van der Waals surface area contributed by atoms with Gasteiger partial charge >= 0.3 is 0 Å². The summed E-state index contributed by atoms with van der Waals surface area (Å²) < 4.78 is 0. The minimum Gasteiger partial charge on any atom is -0.374 e. The van der Waals surface area contributed by atoms with Crippen molar-refractivity contribution in [2.24, 2.45) is 0 Å². The first-order valence-corrected chi connectivity index (χ1v) is 5.47. The zero-order valence-electron chi connectivity index (χ0n) is 9.11. The molecule has 1 saturated heterocycles. The molecule has 15 heavy (non-hydrogen) atoms. The summed E-state index contributed by atoms with van der Waals surface area (Å²) in [6.45, 7) is 5.80. The maximum Gasteiger partial charge on any atom is 0.133 e. The normalized spacial score (nSPS) is 20.1. The second-order valence-corrected chi connectivity index (χ2v) is 4.07. The molecule has 1 aromatic carbocycles. The average Bonchev–Trinajstić information content (AvgIpc) is 2.30. The minimum atomic E-state index is -0.451. The summed E-state index contributed by atoms with van der Waals surface area (Å²) in [5.41, 5.74) is 2.22. The fourth-order valence-corrected chi connectivity index (χ4v) is 1.88. The maximum atomic E-state index is 10.1. The van der Waals surface area contributed by atoms with E-state index in [2.05, 4.69) is 17.1 Å². The molecule has 0 amide bonds. The molecule has 2 rings (SSSR count). The lowest BCUT2D eigenvalue weighted by Crippen LogP contribution is -2.45. The Balaban J connectivity index is 2.05. The lowest BCUT2D eigenvalue weighted by molar-refractivity contribution is -0.00545. The van der Waals surface area contributed by atoms with Gasteiger partial charge in [0.05, 0.1) is 0 Å². The van der Waals surface area contributed by atoms with Gasteiger partial charge in [-0.05, 0) is 12.5 Å². The van der Waals surface area contributed by atoms with Gasteiger partial charge < -0.3 is 10.4 Å². The molecule has 1 fully saturated rings. The summed E-state index contributed by atoms with van der Waals surface area (Å²) >= 11 is 0. The molecule has 3 nitrogen and oxygen atoms in total. The molecular formula is C12H18N2O. The van der Waals surface area contributed by atoms with Crippen LogP contribution in [0.4, 0.5) is 0 Å². The molecule has 0 radical (unpaired) electrons. The van der Waals surface area contributed by atoms with Crippen LogP contribution in [0, 0.1) is 6.92 Å². The average molecular weight is 206 g/mol. The van der Waals surface area contributed by atoms with Crippen LogP contribution < -0.4 is 5.32 Å². The molecule has 1 unspecified atom stereocenters. The maximum absolute atomic E-state index is 10.1. The first-order valence-electron chi connectivity index (χ1n) is 5.47. The summed E-state index contributed by atoms with van der Waals surface area (Å²) in [5, 5.41) is 13.4. The van der Waals surface area contributed by atoms with E-state index in [1.807, 2.05) is 24.3 Å². The number of aryl methyl sites for hydroxylation is 1. The van der Waals surface area contributed by atoms with Gasteiger partial charge in [0, 0.05) is 26.2 Å². The van der Waals surface area contributed by atoms with Crippen molar-refractivity contribution in [1.29, 1.82) is 0 Å². The Bertz CT molecular complexity index is 304. The van der Waals surface area contributed by atoms with Gasteiger partial charge in [-0.1, -0.05) is 29.8 Å². The fourth-order valence-electron chi connectivity index (χ4n) is 1.88. The molecule has 1 aliphatic rings. The third-order valence-electron chi connectivity index (χ3n) is 2.87. The number of aliphatic hydroxyl groups excluding tert-OH is 1. The van der Waals surface area contributed by atoms with Crippen LogP contribution in [0.3, 0.4) is 0 Å². The van der Waals surface area contributed by atoms with Crippen molar-refractivity contribution in [3.63, 3.8) is 0 Å². The molecule has 0 saturated carbocycles. The van der Waals surface area contributed by atoms with Crippen LogP contribution in [0.25, 0.3) is 0 Å². The Morgan fingerprint density at radius 1 is 1.20 bits per heavy atom. The lowest BCUT2D eigenvalue weighted by atomic mass is 10.1. The van der Waals surface area contributed by atoms with Crippen LogP contribution in [0.5, 0.6) is 0 Å². The van der Waals surface area contributed by atoms with E-state index in [1.54, 1.807) is 0 Å². The molecule has 1 aromatic rings. The number of benzene rings is 1. The number of nitrogens with one attached hydrogen (secondary N) is 1. The van der Waals surface area contributed by atoms with Crippen LogP contribution >= 0.6 is 0 Å². The molecule has 1 atom stereocenters. The van der Waals surface area contributed by atoms with E-state index >= 15 is 0 Å². The molecule has 0 aliphatic carbocycles. The van der Waals surface area contributed by atoms with Crippen LogP contribution in [0.1, 0.15) is 17.4 Å². The quantitative estimate of drug-likeness (QED) is 0.754. The minimum absolute atomic E-state index is 0.451. The predicted molar refractivity (Wildman–Crippen MR) is 60.6 cm³/mol. The summed E-state index contributed by atoms with van der Waals surface area (Å²) in [7, 11) is 0. The Morgan fingerprint density at radius 2 is 1.80 bits per heavy atom. The van der Waals surface area contributed by atoms with Gasteiger partial charge in [0.2, 0.25) is 0 Å². The zero-order valence-corrected chi connectivity index (χ0v) is 9.11. The van der Waals surface area contributed by atoms with Crippen molar-refractivity contribution in [3.05, 3.63) is 35.4 Å². The van der Waals surface area contributed by atoms with Gasteiger partial charge in [0.15, 0.2) is 0 Å². The van der Waals surface area contributed by atoms with Gasteiger partial charge in [-0.25, -0.2) is 0 Å². The number of nitrogens with zero attached hydrogens (tertiary/aromatic N) is 1. The third-order valence-corrected chi connectivity index (χ3v) is 2.87. The largest absolute Gasteiger partial charge is 0.374 e. The molecule has 3 heteroatoms. The summed E-state index contributed by atoms with van der Waals surface area (Å²) in [6.07, 6.45) is -0.451. The summed E-state index contributed by atoms with van der Waals surface area (Å²) in [4.78, 5) is 2.10. The fraction of sp³-hybridized carbons (Fsp3) is 0.500. The van der Waals surface area contributed by atoms with Crippen LogP contribution in [0.15, 0.2) is 24.3 Å². The monoisotopic (exact) mass is 206 g/mol. The topological polar surface area (TPSA) is 35.5 Å². The number of rotatable bonds is 2. The zero-order chi connectivity index (χ0) is 10.7. The molecule has 0 aromatic heterocycles. The standard InChI is InChI=1S/C12H18N2O/c1-10-2-4-11(5-3-10)12(15)14-8-6-13-7-9-14/h2-5,12-13,15H,6-9H2,1H3. The summed E-state index contributed by atoms with van der Waals surface area (Å²) in [6, 6.07) is 8.09. The molecular weight excluding hydrogens is 188 g/mol. The number of aliphatic hydroxyl groups is 1. The number of hydrogen-bond acceptors (Lipinski definition) is 3. The first kappa shape index (κ1) is 10.6. The van der Waals surface area contributed by atoms with E-state index in [4.69, 9.17) is 0 Å². The first-order chi connectivity index (χ1) is 7.27. The third kappa shape index (κ3) is 2.56. The molecule has 1 aliphatic heterocycles. The Labute approximate surface area is 90.7 Å². The van der Waals surface area contributed by atoms with Crippen molar-refractivity contribution in [2.45, 2.75) is 13.2 Å². The Morgan fingerprint density at radius 3 is 2.40 bits per heavy atom. The molecule has 0 spiro atoms. The summed E-state index contributed by atoms with van der Waals surface area (Å²) in [5.74, 6) is 0. The SMILES string of the molecule is Cc1ccc(C(O)N2CCNCC2)cc1.